The number of nitrogens with one attached hydrogen (secondary N) is 1. The maximum atomic E-state index is 13.2. The molecule has 0 radical (unpaired) electrons. The van der Waals surface area contributed by atoms with Crippen molar-refractivity contribution in [2.24, 2.45) is 17.6 Å². The molecule has 2 amide bonds. The van der Waals surface area contributed by atoms with Gasteiger partial charge in [0.1, 0.15) is 0 Å². The quantitative estimate of drug-likeness (QED) is 0.727. The second-order valence-corrected chi connectivity index (χ2v) is 8.87. The van der Waals surface area contributed by atoms with Crippen LogP contribution in [0.5, 0.6) is 0 Å². The van der Waals surface area contributed by atoms with Gasteiger partial charge in [-0.05, 0) is 55.7 Å². The molecule has 156 valence electrons. The number of hydrogen-bond donors (Lipinski definition) is 2. The Morgan fingerprint density at radius 3 is 2.55 bits per heavy atom. The lowest BCUT2D eigenvalue weighted by Crippen LogP contribution is -2.51. The summed E-state index contributed by atoms with van der Waals surface area (Å²) < 4.78 is 0. The molecule has 0 spiro atoms. The zero-order chi connectivity index (χ0) is 19.7. The summed E-state index contributed by atoms with van der Waals surface area (Å²) in [6, 6.07) is 11.7. The zero-order valence-electron chi connectivity index (χ0n) is 16.5. The summed E-state index contributed by atoms with van der Waals surface area (Å²) in [6.07, 6.45) is 3.21. The van der Waals surface area contributed by atoms with Crippen LogP contribution in [0.1, 0.15) is 42.2 Å². The predicted molar refractivity (Wildman–Crippen MR) is 119 cm³/mol. The van der Waals surface area contributed by atoms with Crippen molar-refractivity contribution < 1.29 is 9.59 Å². The number of halogens is 1. The lowest BCUT2D eigenvalue weighted by molar-refractivity contribution is -0.129. The van der Waals surface area contributed by atoms with E-state index in [0.29, 0.717) is 25.3 Å². The van der Waals surface area contributed by atoms with Gasteiger partial charge in [-0.25, -0.2) is 0 Å². The Balaban J connectivity index is 0.00000240. The molecule has 5 nitrogen and oxygen atoms in total. The Morgan fingerprint density at radius 2 is 1.97 bits per heavy atom. The molecule has 29 heavy (non-hydrogen) atoms. The molecule has 1 aromatic heterocycles. The van der Waals surface area contributed by atoms with Crippen molar-refractivity contribution in [1.29, 1.82) is 0 Å². The molecule has 2 aliphatic rings. The Hall–Kier alpha value is -1.89. The molecule has 4 rings (SSSR count). The Morgan fingerprint density at radius 1 is 1.24 bits per heavy atom. The molecule has 3 unspecified atom stereocenters. The number of carbonyl (C=O) groups excluding carboxylic acids is 2. The highest BCUT2D eigenvalue weighted by Gasteiger charge is 2.43. The normalized spacial score (nSPS) is 22.7. The van der Waals surface area contributed by atoms with E-state index in [2.05, 4.69) is 5.32 Å². The molecular formula is C22H28ClN3O2S. The van der Waals surface area contributed by atoms with Crippen LogP contribution in [0, 0.1) is 18.8 Å². The van der Waals surface area contributed by atoms with E-state index in [1.54, 1.807) is 11.3 Å². The van der Waals surface area contributed by atoms with Crippen LogP contribution in [0.3, 0.4) is 0 Å². The van der Waals surface area contributed by atoms with Gasteiger partial charge in [0.15, 0.2) is 0 Å². The molecule has 3 N–H and O–H groups in total. The van der Waals surface area contributed by atoms with Gasteiger partial charge in [-0.2, -0.15) is 0 Å². The highest BCUT2D eigenvalue weighted by atomic mass is 35.5. The molecule has 1 aromatic carbocycles. The van der Waals surface area contributed by atoms with Gasteiger partial charge in [-0.3, -0.25) is 9.59 Å². The maximum Gasteiger partial charge on any atom is 0.227 e. The summed E-state index contributed by atoms with van der Waals surface area (Å²) in [7, 11) is 0. The van der Waals surface area contributed by atoms with Crippen molar-refractivity contribution >= 4 is 41.2 Å². The highest BCUT2D eigenvalue weighted by molar-refractivity contribution is 7.10. The molecule has 2 heterocycles. The molecule has 1 aliphatic heterocycles. The summed E-state index contributed by atoms with van der Waals surface area (Å²) in [4.78, 5) is 29.0. The van der Waals surface area contributed by atoms with Crippen molar-refractivity contribution in [2.45, 2.75) is 44.7 Å². The third-order valence-corrected chi connectivity index (χ3v) is 6.80. The van der Waals surface area contributed by atoms with Crippen LogP contribution in [0.2, 0.25) is 0 Å². The summed E-state index contributed by atoms with van der Waals surface area (Å²) in [5.74, 6) is 0.326. The minimum absolute atomic E-state index is 0. The number of amides is 2. The smallest absolute Gasteiger partial charge is 0.227 e. The van der Waals surface area contributed by atoms with Crippen LogP contribution >= 0.6 is 23.7 Å². The predicted octanol–water partition coefficient (Wildman–Crippen LogP) is 3.82. The fraction of sp³-hybridized carbons (Fsp3) is 0.455. The van der Waals surface area contributed by atoms with Crippen molar-refractivity contribution in [3.05, 3.63) is 52.2 Å². The topological polar surface area (TPSA) is 75.4 Å². The molecule has 1 saturated carbocycles. The summed E-state index contributed by atoms with van der Waals surface area (Å²) >= 11 is 1.60. The van der Waals surface area contributed by atoms with Crippen molar-refractivity contribution in [3.8, 4) is 0 Å². The van der Waals surface area contributed by atoms with E-state index in [-0.39, 0.29) is 42.2 Å². The number of nitrogens with zero attached hydrogens (tertiary/aromatic N) is 1. The van der Waals surface area contributed by atoms with Gasteiger partial charge in [0.05, 0.1) is 12.0 Å². The number of benzene rings is 1. The first-order valence-corrected chi connectivity index (χ1v) is 10.9. The van der Waals surface area contributed by atoms with Gasteiger partial charge < -0.3 is 16.0 Å². The van der Waals surface area contributed by atoms with E-state index in [9.17, 15) is 9.59 Å². The number of aryl methyl sites for hydroxylation is 1. The lowest BCUT2D eigenvalue weighted by Gasteiger charge is -2.40. The monoisotopic (exact) mass is 433 g/mol. The first-order chi connectivity index (χ1) is 13.6. The molecule has 2 aromatic rings. The third-order valence-electron chi connectivity index (χ3n) is 5.85. The molecule has 1 aliphatic carbocycles. The SMILES string of the molecule is Cc1ccc(N2C(=O)CCC(C(=O)NC(CN)C3CC3)C2c2cccs2)cc1.Cl. The lowest BCUT2D eigenvalue weighted by atomic mass is 9.86. The number of hydrogen-bond acceptors (Lipinski definition) is 4. The Bertz CT molecular complexity index is 836. The number of rotatable bonds is 6. The minimum atomic E-state index is -0.276. The second-order valence-electron chi connectivity index (χ2n) is 7.89. The van der Waals surface area contributed by atoms with E-state index < -0.39 is 0 Å². The number of anilines is 1. The number of nitrogens with two attached hydrogens (primary N) is 1. The molecule has 3 atom stereocenters. The summed E-state index contributed by atoms with van der Waals surface area (Å²) in [5.41, 5.74) is 7.89. The van der Waals surface area contributed by atoms with Crippen molar-refractivity contribution in [2.75, 3.05) is 11.4 Å². The van der Waals surface area contributed by atoms with Crippen LogP contribution < -0.4 is 16.0 Å². The van der Waals surface area contributed by atoms with E-state index in [1.807, 2.05) is 53.6 Å². The van der Waals surface area contributed by atoms with E-state index in [0.717, 1.165) is 29.0 Å². The van der Waals surface area contributed by atoms with Crippen LogP contribution in [-0.2, 0) is 9.59 Å². The number of thiophene rings is 1. The first kappa shape index (κ1) is 21.8. The van der Waals surface area contributed by atoms with Crippen molar-refractivity contribution in [3.63, 3.8) is 0 Å². The van der Waals surface area contributed by atoms with Gasteiger partial charge in [-0.15, -0.1) is 23.7 Å². The second kappa shape index (κ2) is 9.28. The third kappa shape index (κ3) is 4.65. The highest BCUT2D eigenvalue weighted by Crippen LogP contribution is 2.42. The maximum absolute atomic E-state index is 13.2. The zero-order valence-corrected chi connectivity index (χ0v) is 18.2. The van der Waals surface area contributed by atoms with E-state index in [4.69, 9.17) is 5.73 Å². The summed E-state index contributed by atoms with van der Waals surface area (Å²) in [5, 5.41) is 5.19. The van der Waals surface area contributed by atoms with Gasteiger partial charge in [0, 0.05) is 29.6 Å². The average Bonchev–Trinajstić information content (AvgIpc) is 3.40. The van der Waals surface area contributed by atoms with Gasteiger partial charge in [0.25, 0.3) is 0 Å². The fourth-order valence-electron chi connectivity index (χ4n) is 4.12. The van der Waals surface area contributed by atoms with E-state index >= 15 is 0 Å². The summed E-state index contributed by atoms with van der Waals surface area (Å²) in [6.45, 7) is 2.49. The standard InChI is InChI=1S/C22H27N3O2S.ClH/c1-14-4-8-16(9-5-14)25-20(26)11-10-17(21(25)19-3-2-12-28-19)22(27)24-18(13-23)15-6-7-15;/h2-5,8-9,12,15,17-18,21H,6-7,10-11,13,23H2,1H3,(H,24,27);1H. The molecule has 0 bridgehead atoms. The van der Waals surface area contributed by atoms with Crippen LogP contribution in [0.25, 0.3) is 0 Å². The fourth-order valence-corrected chi connectivity index (χ4v) is 5.00. The largest absolute Gasteiger partial charge is 0.352 e. The molecule has 2 fully saturated rings. The Labute approximate surface area is 182 Å². The number of carbonyl (C=O) groups is 2. The minimum Gasteiger partial charge on any atom is -0.352 e. The van der Waals surface area contributed by atoms with Gasteiger partial charge >= 0.3 is 0 Å². The van der Waals surface area contributed by atoms with Gasteiger partial charge in [0.2, 0.25) is 11.8 Å². The van der Waals surface area contributed by atoms with Crippen LogP contribution in [0.15, 0.2) is 41.8 Å². The molecule has 7 heteroatoms. The number of piperidine rings is 1. The average molecular weight is 434 g/mol. The molecular weight excluding hydrogens is 406 g/mol. The van der Waals surface area contributed by atoms with Crippen LogP contribution in [-0.4, -0.2) is 24.4 Å². The van der Waals surface area contributed by atoms with Gasteiger partial charge in [-0.1, -0.05) is 23.8 Å². The van der Waals surface area contributed by atoms with Crippen molar-refractivity contribution in [1.82, 2.24) is 5.32 Å². The first-order valence-electron chi connectivity index (χ1n) is 10.0. The van der Waals surface area contributed by atoms with Crippen LogP contribution in [0.4, 0.5) is 5.69 Å². The molecule has 1 saturated heterocycles. The van der Waals surface area contributed by atoms with E-state index in [1.165, 1.54) is 0 Å². The Kier molecular flexibility index (Phi) is 6.98.